The number of anilines is 1. The Kier molecular flexibility index (Phi) is 4.96. The number of halogens is 1. The Balaban J connectivity index is 2.78. The van der Waals surface area contributed by atoms with Gasteiger partial charge in [-0.2, -0.15) is 0 Å². The summed E-state index contributed by atoms with van der Waals surface area (Å²) in [6.07, 6.45) is 0. The second kappa shape index (κ2) is 6.02. The van der Waals surface area contributed by atoms with Crippen molar-refractivity contribution in [2.75, 3.05) is 12.4 Å². The van der Waals surface area contributed by atoms with Gasteiger partial charge in [0, 0.05) is 11.8 Å². The van der Waals surface area contributed by atoms with Gasteiger partial charge in [-0.05, 0) is 34.0 Å². The number of hydrogen-bond acceptors (Lipinski definition) is 3. The number of nitrogens with two attached hydrogens (primary N) is 1. The van der Waals surface area contributed by atoms with Crippen LogP contribution in [0.25, 0.3) is 0 Å². The minimum atomic E-state index is -0.510. The number of nitrogens with one attached hydrogen (secondary N) is 1. The Morgan fingerprint density at radius 1 is 1.47 bits per heavy atom. The third kappa shape index (κ3) is 3.71. The van der Waals surface area contributed by atoms with Gasteiger partial charge in [-0.25, -0.2) is 0 Å². The number of amides is 1. The molecule has 0 fully saturated rings. The summed E-state index contributed by atoms with van der Waals surface area (Å²) in [4.78, 5) is 11.7. The summed E-state index contributed by atoms with van der Waals surface area (Å²) in [5.41, 5.74) is 6.43. The van der Waals surface area contributed by atoms with Crippen molar-refractivity contribution in [3.8, 4) is 5.75 Å². The zero-order valence-corrected chi connectivity index (χ0v) is 11.7. The van der Waals surface area contributed by atoms with Crippen LogP contribution in [0.5, 0.6) is 5.75 Å². The number of carbonyl (C=O) groups is 1. The van der Waals surface area contributed by atoms with Gasteiger partial charge in [0.2, 0.25) is 5.91 Å². The van der Waals surface area contributed by atoms with Crippen molar-refractivity contribution in [2.45, 2.75) is 19.9 Å². The SMILES string of the molecule is COc1cc(NC(=O)C(N)C(C)C)ccc1Br. The smallest absolute Gasteiger partial charge is 0.241 e. The standard InChI is InChI=1S/C12H17BrN2O2/c1-7(2)11(14)12(16)15-8-4-5-9(13)10(6-8)17-3/h4-7,11H,14H2,1-3H3,(H,15,16). The molecule has 1 aromatic carbocycles. The molecular weight excluding hydrogens is 284 g/mol. The minimum Gasteiger partial charge on any atom is -0.495 e. The van der Waals surface area contributed by atoms with Crippen molar-refractivity contribution in [3.63, 3.8) is 0 Å². The Bertz CT molecular complexity index is 407. The minimum absolute atomic E-state index is 0.104. The monoisotopic (exact) mass is 300 g/mol. The molecule has 0 aliphatic heterocycles. The number of benzene rings is 1. The number of hydrogen-bond donors (Lipinski definition) is 2. The van der Waals surface area contributed by atoms with Crippen molar-refractivity contribution in [1.29, 1.82) is 0 Å². The first-order valence-electron chi connectivity index (χ1n) is 5.35. The first-order valence-corrected chi connectivity index (χ1v) is 6.15. The topological polar surface area (TPSA) is 64.3 Å². The highest BCUT2D eigenvalue weighted by atomic mass is 79.9. The van der Waals surface area contributed by atoms with Gasteiger partial charge in [0.25, 0.3) is 0 Å². The second-order valence-electron chi connectivity index (χ2n) is 4.11. The summed E-state index contributed by atoms with van der Waals surface area (Å²) >= 11 is 3.35. The molecule has 1 atom stereocenters. The van der Waals surface area contributed by atoms with Gasteiger partial charge in [-0.15, -0.1) is 0 Å². The van der Waals surface area contributed by atoms with E-state index in [4.69, 9.17) is 10.5 Å². The van der Waals surface area contributed by atoms with Crippen molar-refractivity contribution in [1.82, 2.24) is 0 Å². The summed E-state index contributed by atoms with van der Waals surface area (Å²) in [5.74, 6) is 0.581. The van der Waals surface area contributed by atoms with Crippen molar-refractivity contribution in [3.05, 3.63) is 22.7 Å². The number of ether oxygens (including phenoxy) is 1. The predicted molar refractivity (Wildman–Crippen MR) is 72.1 cm³/mol. The Hall–Kier alpha value is -1.07. The van der Waals surface area contributed by atoms with Crippen LogP contribution in [0.3, 0.4) is 0 Å². The van der Waals surface area contributed by atoms with E-state index in [2.05, 4.69) is 21.2 Å². The van der Waals surface area contributed by atoms with Gasteiger partial charge in [0.15, 0.2) is 0 Å². The maximum Gasteiger partial charge on any atom is 0.241 e. The van der Waals surface area contributed by atoms with Gasteiger partial charge >= 0.3 is 0 Å². The van der Waals surface area contributed by atoms with Gasteiger partial charge in [-0.1, -0.05) is 13.8 Å². The van der Waals surface area contributed by atoms with Crippen molar-refractivity contribution < 1.29 is 9.53 Å². The van der Waals surface area contributed by atoms with E-state index in [1.807, 2.05) is 19.9 Å². The molecule has 5 heteroatoms. The fourth-order valence-corrected chi connectivity index (χ4v) is 1.67. The lowest BCUT2D eigenvalue weighted by Crippen LogP contribution is -2.39. The van der Waals surface area contributed by atoms with Gasteiger partial charge in [0.1, 0.15) is 5.75 Å². The number of methoxy groups -OCH3 is 1. The van der Waals surface area contributed by atoms with Crippen molar-refractivity contribution in [2.24, 2.45) is 11.7 Å². The summed E-state index contributed by atoms with van der Waals surface area (Å²) < 4.78 is 5.98. The van der Waals surface area contributed by atoms with E-state index in [9.17, 15) is 4.79 Å². The summed E-state index contributed by atoms with van der Waals surface area (Å²) in [6.45, 7) is 3.82. The first kappa shape index (κ1) is 14.0. The molecule has 1 rings (SSSR count). The van der Waals surface area contributed by atoms with E-state index in [0.717, 1.165) is 4.47 Å². The Morgan fingerprint density at radius 2 is 2.12 bits per heavy atom. The van der Waals surface area contributed by atoms with Crippen LogP contribution in [0.1, 0.15) is 13.8 Å². The molecule has 0 saturated carbocycles. The van der Waals surface area contributed by atoms with E-state index < -0.39 is 6.04 Å². The molecule has 0 heterocycles. The molecule has 0 aromatic heterocycles. The Labute approximate surface area is 110 Å². The molecule has 94 valence electrons. The lowest BCUT2D eigenvalue weighted by Gasteiger charge is -2.15. The van der Waals surface area contributed by atoms with E-state index >= 15 is 0 Å². The van der Waals surface area contributed by atoms with Crippen LogP contribution in [0.2, 0.25) is 0 Å². The van der Waals surface area contributed by atoms with Crippen LogP contribution in [0.15, 0.2) is 22.7 Å². The maximum absolute atomic E-state index is 11.7. The molecular formula is C12H17BrN2O2. The quantitative estimate of drug-likeness (QED) is 0.897. The summed E-state index contributed by atoms with van der Waals surface area (Å²) in [6, 6.07) is 4.84. The third-order valence-electron chi connectivity index (χ3n) is 2.44. The highest BCUT2D eigenvalue weighted by molar-refractivity contribution is 9.10. The van der Waals surface area contributed by atoms with Crippen LogP contribution in [0, 0.1) is 5.92 Å². The highest BCUT2D eigenvalue weighted by Crippen LogP contribution is 2.27. The molecule has 17 heavy (non-hydrogen) atoms. The van der Waals surface area contributed by atoms with Gasteiger partial charge in [-0.3, -0.25) is 4.79 Å². The Morgan fingerprint density at radius 3 is 2.65 bits per heavy atom. The lowest BCUT2D eigenvalue weighted by atomic mass is 10.0. The molecule has 0 saturated heterocycles. The van der Waals surface area contributed by atoms with Crippen LogP contribution >= 0.6 is 15.9 Å². The fraction of sp³-hybridized carbons (Fsp3) is 0.417. The van der Waals surface area contributed by atoms with E-state index in [1.165, 1.54) is 0 Å². The molecule has 3 N–H and O–H groups in total. The maximum atomic E-state index is 11.7. The van der Waals surface area contributed by atoms with Gasteiger partial charge < -0.3 is 15.8 Å². The molecule has 4 nitrogen and oxygen atoms in total. The molecule has 1 amide bonds. The van der Waals surface area contributed by atoms with Crippen LogP contribution < -0.4 is 15.8 Å². The number of rotatable bonds is 4. The van der Waals surface area contributed by atoms with Crippen molar-refractivity contribution >= 4 is 27.5 Å². The summed E-state index contributed by atoms with van der Waals surface area (Å²) in [7, 11) is 1.57. The zero-order chi connectivity index (χ0) is 13.0. The highest BCUT2D eigenvalue weighted by Gasteiger charge is 2.17. The van der Waals surface area contributed by atoms with Gasteiger partial charge in [0.05, 0.1) is 17.6 Å². The van der Waals surface area contributed by atoms with E-state index in [1.54, 1.807) is 19.2 Å². The van der Waals surface area contributed by atoms with Crippen LogP contribution in [0.4, 0.5) is 5.69 Å². The van der Waals surface area contributed by atoms with Crippen LogP contribution in [-0.2, 0) is 4.79 Å². The third-order valence-corrected chi connectivity index (χ3v) is 3.09. The molecule has 1 aromatic rings. The lowest BCUT2D eigenvalue weighted by molar-refractivity contribution is -0.118. The molecule has 0 bridgehead atoms. The number of carbonyl (C=O) groups excluding carboxylic acids is 1. The van der Waals surface area contributed by atoms with Crippen LogP contribution in [-0.4, -0.2) is 19.1 Å². The molecule has 0 aliphatic carbocycles. The normalized spacial score (nSPS) is 12.4. The average Bonchev–Trinajstić information content (AvgIpc) is 2.30. The molecule has 0 spiro atoms. The fourth-order valence-electron chi connectivity index (χ4n) is 1.27. The predicted octanol–water partition coefficient (Wildman–Crippen LogP) is 2.38. The molecule has 1 unspecified atom stereocenters. The summed E-state index contributed by atoms with van der Waals surface area (Å²) in [5, 5.41) is 2.76. The average molecular weight is 301 g/mol. The first-order chi connectivity index (χ1) is 7.95. The van der Waals surface area contributed by atoms with E-state index in [0.29, 0.717) is 11.4 Å². The zero-order valence-electron chi connectivity index (χ0n) is 10.2. The van der Waals surface area contributed by atoms with E-state index in [-0.39, 0.29) is 11.8 Å². The molecule has 0 radical (unpaired) electrons. The molecule has 0 aliphatic rings. The largest absolute Gasteiger partial charge is 0.495 e. The second-order valence-corrected chi connectivity index (χ2v) is 4.96.